The molecule has 4 rings (SSSR count). The Kier molecular flexibility index (Phi) is 8.25. The number of alkyl halides is 1. The number of amides is 1. The van der Waals surface area contributed by atoms with Gasteiger partial charge in [-0.15, -0.1) is 10.1 Å². The Bertz CT molecular complexity index is 1110. The third-order valence-electron chi connectivity index (χ3n) is 9.41. The molecule has 214 valence electrons. The van der Waals surface area contributed by atoms with Crippen molar-refractivity contribution < 1.29 is 43.3 Å². The molecule has 4 aliphatic carbocycles. The van der Waals surface area contributed by atoms with Crippen LogP contribution in [0.15, 0.2) is 23.8 Å². The second kappa shape index (κ2) is 11.1. The van der Waals surface area contributed by atoms with Gasteiger partial charge in [-0.1, -0.05) is 19.9 Å². The molecule has 3 saturated carbocycles. The van der Waals surface area contributed by atoms with Crippen LogP contribution in [0.5, 0.6) is 0 Å². The van der Waals surface area contributed by atoms with E-state index < -0.39 is 59.1 Å². The first-order valence-electron chi connectivity index (χ1n) is 13.4. The molecule has 2 N–H and O–H groups in total. The van der Waals surface area contributed by atoms with Crippen molar-refractivity contribution in [2.24, 2.45) is 34.5 Å². The number of ether oxygens (including phenoxy) is 1. The van der Waals surface area contributed by atoms with E-state index in [4.69, 9.17) is 4.74 Å². The number of carbonyl (C=O) groups is 4. The maximum Gasteiger partial charge on any atom is 0.325 e. The van der Waals surface area contributed by atoms with Crippen molar-refractivity contribution in [2.45, 2.75) is 64.6 Å². The number of fused-ring (bicyclic) bond motifs is 5. The van der Waals surface area contributed by atoms with Crippen molar-refractivity contribution in [3.05, 3.63) is 33.9 Å². The zero-order chi connectivity index (χ0) is 28.5. The molecule has 0 aromatic heterocycles. The normalized spacial score (nSPS) is 36.6. The number of esters is 1. The Morgan fingerprint density at radius 1 is 1.28 bits per heavy atom. The molecular formula is C27H35FN2O9. The van der Waals surface area contributed by atoms with Gasteiger partial charge in [0.05, 0.1) is 12.7 Å². The van der Waals surface area contributed by atoms with E-state index in [0.717, 1.165) is 0 Å². The standard InChI is InChI=1S/C27H35FN2O9/c1-26-8-7-15(31)10-19(26)20(28)11-16-17-5-6-18(27(17,2)12-21(32)25(16)26)22(33)14-38-24(35)13-29-23(34)4-3-9-39-30(36)37/h7-8,10,16-18,20-21,25,32H,3-6,9,11-14H2,1-2H3,(H,29,34)/t16-,17?,18?,20-,21-,25+,26-,27-/m0/s1. The predicted molar refractivity (Wildman–Crippen MR) is 133 cm³/mol. The van der Waals surface area contributed by atoms with E-state index in [1.165, 1.54) is 12.2 Å². The van der Waals surface area contributed by atoms with Crippen LogP contribution >= 0.6 is 0 Å². The van der Waals surface area contributed by atoms with Gasteiger partial charge in [-0.3, -0.25) is 19.2 Å². The first kappa shape index (κ1) is 28.8. The number of nitrogens with zero attached hydrogens (tertiary/aromatic N) is 1. The van der Waals surface area contributed by atoms with E-state index in [2.05, 4.69) is 10.2 Å². The largest absolute Gasteiger partial charge is 0.456 e. The van der Waals surface area contributed by atoms with Gasteiger partial charge in [0.2, 0.25) is 5.91 Å². The van der Waals surface area contributed by atoms with Gasteiger partial charge >= 0.3 is 5.97 Å². The monoisotopic (exact) mass is 550 g/mol. The highest BCUT2D eigenvalue weighted by Gasteiger charge is 2.64. The van der Waals surface area contributed by atoms with Gasteiger partial charge < -0.3 is 20.0 Å². The molecule has 8 atom stereocenters. The summed E-state index contributed by atoms with van der Waals surface area (Å²) in [6.45, 7) is 2.68. The second-order valence-corrected chi connectivity index (χ2v) is 11.6. The molecule has 0 aromatic rings. The second-order valence-electron chi connectivity index (χ2n) is 11.6. The number of Topliss-reactive ketones (excluding diaryl/α,β-unsaturated/α-hetero) is 1. The van der Waals surface area contributed by atoms with E-state index >= 15 is 4.39 Å². The molecule has 4 aliphatic rings. The van der Waals surface area contributed by atoms with Gasteiger partial charge in [0.1, 0.15) is 19.3 Å². The third kappa shape index (κ3) is 5.61. The van der Waals surface area contributed by atoms with Crippen LogP contribution in [0.4, 0.5) is 4.39 Å². The molecule has 11 nitrogen and oxygen atoms in total. The summed E-state index contributed by atoms with van der Waals surface area (Å²) in [4.78, 5) is 63.2. The molecule has 0 aliphatic heterocycles. The van der Waals surface area contributed by atoms with Crippen LogP contribution in [0.1, 0.15) is 52.4 Å². The van der Waals surface area contributed by atoms with Crippen molar-refractivity contribution in [3.8, 4) is 0 Å². The number of carbonyl (C=O) groups excluding carboxylic acids is 4. The molecule has 0 saturated heterocycles. The SMILES string of the molecule is C[C@]12C[C@H](O)[C@H]3[C@@H](C[C@H](F)C4=CC(=O)C=C[C@@]43C)C1CCC2C(=O)COC(=O)CNC(=O)CCCO[N+](=O)[O-]. The number of aliphatic hydroxyl groups excluding tert-OH is 1. The fourth-order valence-corrected chi connectivity index (χ4v) is 7.80. The van der Waals surface area contributed by atoms with Crippen LogP contribution < -0.4 is 5.32 Å². The fraction of sp³-hybridized carbons (Fsp3) is 0.704. The minimum Gasteiger partial charge on any atom is -0.456 e. The lowest BCUT2D eigenvalue weighted by Gasteiger charge is -2.59. The Hall–Kier alpha value is -3.15. The summed E-state index contributed by atoms with van der Waals surface area (Å²) in [7, 11) is 0. The van der Waals surface area contributed by atoms with Crippen LogP contribution in [-0.4, -0.2) is 65.7 Å². The molecule has 0 aromatic carbocycles. The lowest BCUT2D eigenvalue weighted by Crippen LogP contribution is -2.58. The Labute approximate surface area is 225 Å². The molecule has 1 amide bonds. The summed E-state index contributed by atoms with van der Waals surface area (Å²) in [6, 6.07) is 0. The van der Waals surface area contributed by atoms with Gasteiger partial charge in [0.25, 0.3) is 5.09 Å². The van der Waals surface area contributed by atoms with Crippen molar-refractivity contribution >= 4 is 23.4 Å². The summed E-state index contributed by atoms with van der Waals surface area (Å²) in [5, 5.41) is 22.8. The molecule has 0 bridgehead atoms. The minimum atomic E-state index is -1.30. The molecule has 0 heterocycles. The number of hydrogen-bond donors (Lipinski definition) is 2. The molecule has 12 heteroatoms. The van der Waals surface area contributed by atoms with Crippen LogP contribution in [0.25, 0.3) is 0 Å². The van der Waals surface area contributed by atoms with E-state index in [-0.39, 0.29) is 55.2 Å². The van der Waals surface area contributed by atoms with Crippen LogP contribution in [-0.2, 0) is 28.8 Å². The highest BCUT2D eigenvalue weighted by atomic mass is 19.1. The lowest BCUT2D eigenvalue weighted by molar-refractivity contribution is -0.757. The molecular weight excluding hydrogens is 515 g/mol. The summed E-state index contributed by atoms with van der Waals surface area (Å²) < 4.78 is 20.5. The van der Waals surface area contributed by atoms with Gasteiger partial charge in [-0.2, -0.15) is 0 Å². The number of halogens is 1. The topological polar surface area (TPSA) is 162 Å². The zero-order valence-corrected chi connectivity index (χ0v) is 22.1. The number of aliphatic hydroxyl groups is 1. The molecule has 2 unspecified atom stereocenters. The molecule has 0 spiro atoms. The number of ketones is 2. The summed E-state index contributed by atoms with van der Waals surface area (Å²) >= 11 is 0. The van der Waals surface area contributed by atoms with Gasteiger partial charge in [0.15, 0.2) is 11.6 Å². The number of rotatable bonds is 10. The molecule has 3 fully saturated rings. The van der Waals surface area contributed by atoms with Crippen LogP contribution in [0.2, 0.25) is 0 Å². The van der Waals surface area contributed by atoms with E-state index in [9.17, 15) is 34.4 Å². The van der Waals surface area contributed by atoms with E-state index in [1.807, 2.05) is 13.8 Å². The maximum atomic E-state index is 15.4. The van der Waals surface area contributed by atoms with Crippen LogP contribution in [0, 0.1) is 44.6 Å². The average Bonchev–Trinajstić information content (AvgIpc) is 3.21. The minimum absolute atomic E-state index is 0.00298. The van der Waals surface area contributed by atoms with Gasteiger partial charge in [0, 0.05) is 23.7 Å². The lowest BCUT2D eigenvalue weighted by atomic mass is 9.46. The van der Waals surface area contributed by atoms with Crippen LogP contribution in [0.3, 0.4) is 0 Å². The highest BCUT2D eigenvalue weighted by molar-refractivity contribution is 6.01. The maximum absolute atomic E-state index is 15.4. The number of nitrogens with one attached hydrogen (secondary N) is 1. The summed E-state index contributed by atoms with van der Waals surface area (Å²) in [6.07, 6.45) is 4.25. The Balaban J connectivity index is 1.33. The predicted octanol–water partition coefficient (Wildman–Crippen LogP) is 2.05. The zero-order valence-electron chi connectivity index (χ0n) is 22.1. The van der Waals surface area contributed by atoms with E-state index in [0.29, 0.717) is 24.8 Å². The molecule has 0 radical (unpaired) electrons. The average molecular weight is 551 g/mol. The summed E-state index contributed by atoms with van der Waals surface area (Å²) in [5.74, 6) is -2.72. The fourth-order valence-electron chi connectivity index (χ4n) is 7.80. The Morgan fingerprint density at radius 2 is 2.03 bits per heavy atom. The smallest absolute Gasteiger partial charge is 0.325 e. The van der Waals surface area contributed by atoms with Crippen molar-refractivity contribution in [1.82, 2.24) is 5.32 Å². The van der Waals surface area contributed by atoms with Crippen molar-refractivity contribution in [2.75, 3.05) is 19.8 Å². The van der Waals surface area contributed by atoms with Crippen molar-refractivity contribution in [1.29, 1.82) is 0 Å². The van der Waals surface area contributed by atoms with E-state index in [1.54, 1.807) is 6.08 Å². The van der Waals surface area contributed by atoms with Gasteiger partial charge in [-0.25, -0.2) is 4.39 Å². The summed E-state index contributed by atoms with van der Waals surface area (Å²) in [5.41, 5.74) is -0.929. The first-order chi connectivity index (χ1) is 18.4. The number of allylic oxidation sites excluding steroid dienone is 4. The first-order valence-corrected chi connectivity index (χ1v) is 13.4. The quantitative estimate of drug-likeness (QED) is 0.179. The van der Waals surface area contributed by atoms with Gasteiger partial charge in [-0.05, 0) is 67.1 Å². The Morgan fingerprint density at radius 3 is 2.74 bits per heavy atom. The van der Waals surface area contributed by atoms with Crippen molar-refractivity contribution in [3.63, 3.8) is 0 Å². The molecule has 39 heavy (non-hydrogen) atoms. The third-order valence-corrected chi connectivity index (χ3v) is 9.41. The highest BCUT2D eigenvalue weighted by Crippen LogP contribution is 2.66. The number of hydrogen-bond acceptors (Lipinski definition) is 9.